The summed E-state index contributed by atoms with van der Waals surface area (Å²) in [6.45, 7) is 3.77. The van der Waals surface area contributed by atoms with Gasteiger partial charge in [-0.05, 0) is 49.4 Å². The zero-order valence-electron chi connectivity index (χ0n) is 16.4. The van der Waals surface area contributed by atoms with Gasteiger partial charge in [0.1, 0.15) is 11.6 Å². The number of nitrogens with zero attached hydrogens (tertiary/aromatic N) is 2. The van der Waals surface area contributed by atoms with Crippen molar-refractivity contribution in [2.75, 3.05) is 44.7 Å². The monoisotopic (exact) mass is 421 g/mol. The molecule has 1 amide bonds. The van der Waals surface area contributed by atoms with Gasteiger partial charge < -0.3 is 15.0 Å². The van der Waals surface area contributed by atoms with Crippen LogP contribution < -0.4 is 15.0 Å². The average Bonchev–Trinajstić information content (AvgIpc) is 2.74. The molecule has 29 heavy (non-hydrogen) atoms. The Balaban J connectivity index is 1.78. The third kappa shape index (κ3) is 4.51. The van der Waals surface area contributed by atoms with E-state index in [4.69, 9.17) is 4.74 Å². The van der Waals surface area contributed by atoms with Gasteiger partial charge in [0.05, 0.1) is 17.6 Å². The standard InChI is InChI=1S/C20H24FN3O4S/c1-3-22-20(25)18-14-17(8-9-19(18)28-2)29(26,27)24-12-10-23(11-13-24)16-6-4-15(21)5-7-16/h4-9,14H,3,10-13H2,1-2H3,(H,22,25). The first-order chi connectivity index (χ1) is 13.9. The smallest absolute Gasteiger partial charge is 0.255 e. The minimum atomic E-state index is -3.76. The van der Waals surface area contributed by atoms with Crippen molar-refractivity contribution in [3.8, 4) is 5.75 Å². The minimum absolute atomic E-state index is 0.0507. The second-order valence-corrected chi connectivity index (χ2v) is 8.53. The average molecular weight is 421 g/mol. The number of nitrogens with one attached hydrogen (secondary N) is 1. The fourth-order valence-corrected chi connectivity index (χ4v) is 4.72. The Morgan fingerprint density at radius 1 is 1.10 bits per heavy atom. The molecule has 7 nitrogen and oxygen atoms in total. The highest BCUT2D eigenvalue weighted by Gasteiger charge is 2.30. The van der Waals surface area contributed by atoms with Crippen molar-refractivity contribution in [1.82, 2.24) is 9.62 Å². The maximum Gasteiger partial charge on any atom is 0.255 e. The van der Waals surface area contributed by atoms with E-state index in [-0.39, 0.29) is 22.2 Å². The van der Waals surface area contributed by atoms with Gasteiger partial charge in [0.15, 0.2) is 0 Å². The van der Waals surface area contributed by atoms with E-state index in [1.54, 1.807) is 19.1 Å². The molecule has 0 spiro atoms. The maximum atomic E-state index is 13.1. The highest BCUT2D eigenvalue weighted by molar-refractivity contribution is 7.89. The number of carbonyl (C=O) groups is 1. The van der Waals surface area contributed by atoms with E-state index in [0.29, 0.717) is 38.5 Å². The molecule has 156 valence electrons. The normalized spacial score (nSPS) is 15.2. The number of carbonyl (C=O) groups excluding carboxylic acids is 1. The van der Waals surface area contributed by atoms with Gasteiger partial charge >= 0.3 is 0 Å². The van der Waals surface area contributed by atoms with Crippen LogP contribution in [0, 0.1) is 5.82 Å². The predicted octanol–water partition coefficient (Wildman–Crippen LogP) is 2.09. The lowest BCUT2D eigenvalue weighted by molar-refractivity contribution is 0.0952. The van der Waals surface area contributed by atoms with Crippen molar-refractivity contribution in [1.29, 1.82) is 0 Å². The van der Waals surface area contributed by atoms with Crippen LogP contribution in [0.1, 0.15) is 17.3 Å². The SMILES string of the molecule is CCNC(=O)c1cc(S(=O)(=O)N2CCN(c3ccc(F)cc3)CC2)ccc1OC. The summed E-state index contributed by atoms with van der Waals surface area (Å²) < 4.78 is 45.9. The summed E-state index contributed by atoms with van der Waals surface area (Å²) in [5.74, 6) is -0.379. The molecule has 1 heterocycles. The predicted molar refractivity (Wildman–Crippen MR) is 108 cm³/mol. The van der Waals surface area contributed by atoms with Crippen molar-refractivity contribution in [2.24, 2.45) is 0 Å². The number of sulfonamides is 1. The van der Waals surface area contributed by atoms with E-state index in [0.717, 1.165) is 5.69 Å². The van der Waals surface area contributed by atoms with Crippen LogP contribution in [-0.4, -0.2) is 58.5 Å². The Morgan fingerprint density at radius 2 is 1.76 bits per heavy atom. The van der Waals surface area contributed by atoms with Gasteiger partial charge in [-0.2, -0.15) is 4.31 Å². The molecule has 2 aromatic rings. The van der Waals surface area contributed by atoms with Crippen molar-refractivity contribution in [3.05, 3.63) is 53.8 Å². The van der Waals surface area contributed by atoms with Crippen LogP contribution in [0.5, 0.6) is 5.75 Å². The van der Waals surface area contributed by atoms with Crippen LogP contribution in [0.25, 0.3) is 0 Å². The zero-order chi connectivity index (χ0) is 21.0. The molecule has 1 aliphatic heterocycles. The van der Waals surface area contributed by atoms with Crippen molar-refractivity contribution in [2.45, 2.75) is 11.8 Å². The number of ether oxygens (including phenoxy) is 1. The second-order valence-electron chi connectivity index (χ2n) is 6.59. The Labute approximate surface area is 170 Å². The Bertz CT molecular complexity index is 972. The molecule has 0 saturated carbocycles. The topological polar surface area (TPSA) is 79.0 Å². The van der Waals surface area contributed by atoms with Crippen molar-refractivity contribution < 1.29 is 22.3 Å². The van der Waals surface area contributed by atoms with E-state index in [1.807, 2.05) is 4.90 Å². The zero-order valence-corrected chi connectivity index (χ0v) is 17.2. The summed E-state index contributed by atoms with van der Waals surface area (Å²) in [6.07, 6.45) is 0. The van der Waals surface area contributed by atoms with Crippen LogP contribution in [0.4, 0.5) is 10.1 Å². The van der Waals surface area contributed by atoms with E-state index in [2.05, 4.69) is 5.32 Å². The molecule has 1 saturated heterocycles. The van der Waals surface area contributed by atoms with Gasteiger partial charge in [0.2, 0.25) is 10.0 Å². The summed E-state index contributed by atoms with van der Waals surface area (Å²) in [5, 5.41) is 2.66. The van der Waals surface area contributed by atoms with E-state index >= 15 is 0 Å². The Hall–Kier alpha value is -2.65. The summed E-state index contributed by atoms with van der Waals surface area (Å²) in [6, 6.07) is 10.4. The molecular weight excluding hydrogens is 397 g/mol. The molecule has 9 heteroatoms. The van der Waals surface area contributed by atoms with Gasteiger partial charge in [-0.1, -0.05) is 0 Å². The minimum Gasteiger partial charge on any atom is -0.496 e. The molecule has 0 unspecified atom stereocenters. The maximum absolute atomic E-state index is 13.1. The lowest BCUT2D eigenvalue weighted by Crippen LogP contribution is -2.48. The Morgan fingerprint density at radius 3 is 2.34 bits per heavy atom. The quantitative estimate of drug-likeness (QED) is 0.773. The summed E-state index contributed by atoms with van der Waals surface area (Å²) >= 11 is 0. The molecule has 3 rings (SSSR count). The lowest BCUT2D eigenvalue weighted by atomic mass is 10.2. The number of amides is 1. The highest BCUT2D eigenvalue weighted by atomic mass is 32.2. The molecule has 1 aliphatic rings. The van der Waals surface area contributed by atoms with Crippen LogP contribution in [0.15, 0.2) is 47.4 Å². The number of hydrogen-bond donors (Lipinski definition) is 1. The first-order valence-corrected chi connectivity index (χ1v) is 10.8. The number of piperazine rings is 1. The Kier molecular flexibility index (Phi) is 6.39. The molecule has 1 N–H and O–H groups in total. The number of halogens is 1. The molecule has 0 bridgehead atoms. The number of anilines is 1. The van der Waals surface area contributed by atoms with Gasteiger partial charge in [-0.3, -0.25) is 4.79 Å². The van der Waals surface area contributed by atoms with E-state index < -0.39 is 10.0 Å². The summed E-state index contributed by atoms with van der Waals surface area (Å²) in [7, 11) is -2.33. The number of rotatable bonds is 6. The molecule has 0 atom stereocenters. The number of methoxy groups -OCH3 is 1. The van der Waals surface area contributed by atoms with Gasteiger partial charge in [0.25, 0.3) is 5.91 Å². The molecule has 0 aromatic heterocycles. The first-order valence-electron chi connectivity index (χ1n) is 9.33. The molecule has 0 radical (unpaired) electrons. The van der Waals surface area contributed by atoms with Crippen molar-refractivity contribution in [3.63, 3.8) is 0 Å². The van der Waals surface area contributed by atoms with Gasteiger partial charge in [0, 0.05) is 38.4 Å². The number of benzene rings is 2. The highest BCUT2D eigenvalue weighted by Crippen LogP contribution is 2.26. The third-order valence-corrected chi connectivity index (χ3v) is 6.72. The fourth-order valence-electron chi connectivity index (χ4n) is 3.27. The summed E-state index contributed by atoms with van der Waals surface area (Å²) in [5.41, 5.74) is 1.03. The fraction of sp³-hybridized carbons (Fsp3) is 0.350. The second kappa shape index (κ2) is 8.79. The summed E-state index contributed by atoms with van der Waals surface area (Å²) in [4.78, 5) is 14.3. The molecule has 0 aliphatic carbocycles. The largest absolute Gasteiger partial charge is 0.496 e. The molecule has 2 aromatic carbocycles. The van der Waals surface area contributed by atoms with Crippen LogP contribution in [0.2, 0.25) is 0 Å². The van der Waals surface area contributed by atoms with Crippen LogP contribution in [-0.2, 0) is 10.0 Å². The van der Waals surface area contributed by atoms with E-state index in [1.165, 1.54) is 41.7 Å². The molecular formula is C20H24FN3O4S. The number of hydrogen-bond acceptors (Lipinski definition) is 5. The third-order valence-electron chi connectivity index (χ3n) is 4.82. The lowest BCUT2D eigenvalue weighted by Gasteiger charge is -2.35. The molecule has 1 fully saturated rings. The van der Waals surface area contributed by atoms with Gasteiger partial charge in [-0.25, -0.2) is 12.8 Å². The van der Waals surface area contributed by atoms with E-state index in [9.17, 15) is 17.6 Å². The van der Waals surface area contributed by atoms with Crippen LogP contribution in [0.3, 0.4) is 0 Å². The van der Waals surface area contributed by atoms with Gasteiger partial charge in [-0.15, -0.1) is 0 Å². The van der Waals surface area contributed by atoms with Crippen LogP contribution >= 0.6 is 0 Å². The van der Waals surface area contributed by atoms with Crippen molar-refractivity contribution >= 4 is 21.6 Å². The first kappa shape index (κ1) is 21.1.